The van der Waals surface area contributed by atoms with Gasteiger partial charge >= 0.3 is 0 Å². The number of hydrogen-bond donors (Lipinski definition) is 1. The van der Waals surface area contributed by atoms with E-state index in [1.165, 1.54) is 7.11 Å². The van der Waals surface area contributed by atoms with Crippen LogP contribution in [0.3, 0.4) is 0 Å². The third kappa shape index (κ3) is 3.54. The van der Waals surface area contributed by atoms with Crippen LogP contribution in [-0.2, 0) is 0 Å². The van der Waals surface area contributed by atoms with Crippen molar-refractivity contribution >= 4 is 33.4 Å². The van der Waals surface area contributed by atoms with Crippen molar-refractivity contribution in [3.05, 3.63) is 39.8 Å². The average molecular weight is 305 g/mol. The Morgan fingerprint density at radius 1 is 1.62 bits per heavy atom. The van der Waals surface area contributed by atoms with Crippen LogP contribution in [0.25, 0.3) is 0 Å². The van der Waals surface area contributed by atoms with Gasteiger partial charge in [0.25, 0.3) is 5.91 Å². The van der Waals surface area contributed by atoms with E-state index < -0.39 is 0 Å². The number of hydrogen-bond acceptors (Lipinski definition) is 2. The average Bonchev–Trinajstić information content (AvgIpc) is 2.25. The largest absolute Gasteiger partial charge is 0.496 e. The molecule has 0 radical (unpaired) electrons. The Balaban J connectivity index is 2.86. The molecule has 1 N–H and O–H groups in total. The number of carbonyl (C=O) groups excluding carboxylic acids is 1. The van der Waals surface area contributed by atoms with Crippen LogP contribution in [0.15, 0.2) is 29.3 Å². The summed E-state index contributed by atoms with van der Waals surface area (Å²) >= 11 is 8.96. The van der Waals surface area contributed by atoms with Crippen molar-refractivity contribution in [2.45, 2.75) is 0 Å². The van der Waals surface area contributed by atoms with Crippen LogP contribution in [0.4, 0.5) is 0 Å². The van der Waals surface area contributed by atoms with Gasteiger partial charge in [0.2, 0.25) is 0 Å². The fourth-order valence-electron chi connectivity index (χ4n) is 1.12. The zero-order valence-corrected chi connectivity index (χ0v) is 11.1. The lowest BCUT2D eigenvalue weighted by atomic mass is 10.2. The third-order valence-electron chi connectivity index (χ3n) is 1.85. The number of halogens is 2. The van der Waals surface area contributed by atoms with E-state index in [2.05, 4.69) is 27.8 Å². The van der Waals surface area contributed by atoms with E-state index in [1.54, 1.807) is 18.2 Å². The highest BCUT2D eigenvalue weighted by Crippen LogP contribution is 2.22. The van der Waals surface area contributed by atoms with E-state index in [9.17, 15) is 4.79 Å². The Hall–Kier alpha value is -1.00. The van der Waals surface area contributed by atoms with Crippen molar-refractivity contribution in [3.8, 4) is 5.75 Å². The topological polar surface area (TPSA) is 38.3 Å². The molecule has 0 saturated carbocycles. The molecule has 0 atom stereocenters. The van der Waals surface area contributed by atoms with Gasteiger partial charge in [0.1, 0.15) is 5.75 Å². The predicted molar refractivity (Wildman–Crippen MR) is 68.4 cm³/mol. The maximum Gasteiger partial charge on any atom is 0.255 e. The Labute approximate surface area is 108 Å². The highest BCUT2D eigenvalue weighted by molar-refractivity contribution is 9.11. The Bertz CT molecular complexity index is 420. The zero-order chi connectivity index (χ0) is 12.1. The minimum atomic E-state index is -0.228. The van der Waals surface area contributed by atoms with Gasteiger partial charge in [0, 0.05) is 16.0 Å². The minimum Gasteiger partial charge on any atom is -0.496 e. The van der Waals surface area contributed by atoms with Gasteiger partial charge in [-0.15, -0.1) is 0 Å². The summed E-state index contributed by atoms with van der Waals surface area (Å²) in [5.74, 6) is 0.222. The molecule has 86 valence electrons. The summed E-state index contributed by atoms with van der Waals surface area (Å²) in [4.78, 5) is 11.7. The molecular formula is C11H11BrClNO2. The van der Waals surface area contributed by atoms with Crippen molar-refractivity contribution in [3.63, 3.8) is 0 Å². The first kappa shape index (κ1) is 13.1. The molecule has 0 aliphatic rings. The number of nitrogens with one attached hydrogen (secondary N) is 1. The molecule has 5 heteroatoms. The van der Waals surface area contributed by atoms with Crippen LogP contribution >= 0.6 is 27.5 Å². The summed E-state index contributed by atoms with van der Waals surface area (Å²) in [6, 6.07) is 4.86. The van der Waals surface area contributed by atoms with Gasteiger partial charge in [-0.2, -0.15) is 0 Å². The van der Waals surface area contributed by atoms with Gasteiger partial charge in [-0.25, -0.2) is 0 Å². The van der Waals surface area contributed by atoms with Gasteiger partial charge in [-0.1, -0.05) is 34.1 Å². The van der Waals surface area contributed by atoms with Crippen LogP contribution in [0.2, 0.25) is 5.02 Å². The Morgan fingerprint density at radius 3 is 2.88 bits per heavy atom. The van der Waals surface area contributed by atoms with Crippen molar-refractivity contribution < 1.29 is 9.53 Å². The quantitative estimate of drug-likeness (QED) is 0.928. The first-order chi connectivity index (χ1) is 7.54. The summed E-state index contributed by atoms with van der Waals surface area (Å²) in [6.07, 6.45) is 0. The molecule has 1 aromatic carbocycles. The maximum absolute atomic E-state index is 11.7. The van der Waals surface area contributed by atoms with Crippen LogP contribution in [0.1, 0.15) is 10.4 Å². The van der Waals surface area contributed by atoms with Gasteiger partial charge in [-0.3, -0.25) is 4.79 Å². The van der Waals surface area contributed by atoms with E-state index in [4.69, 9.17) is 16.3 Å². The zero-order valence-electron chi connectivity index (χ0n) is 8.72. The highest BCUT2D eigenvalue weighted by atomic mass is 79.9. The molecule has 1 aromatic rings. The third-order valence-corrected chi connectivity index (χ3v) is 2.36. The number of benzene rings is 1. The monoisotopic (exact) mass is 303 g/mol. The van der Waals surface area contributed by atoms with Gasteiger partial charge in [0.05, 0.1) is 12.7 Å². The summed E-state index contributed by atoms with van der Waals surface area (Å²) < 4.78 is 5.78. The molecule has 0 aliphatic carbocycles. The molecule has 0 bridgehead atoms. The summed E-state index contributed by atoms with van der Waals surface area (Å²) in [6.45, 7) is 3.99. The molecule has 1 rings (SSSR count). The molecular weight excluding hydrogens is 293 g/mol. The lowest BCUT2D eigenvalue weighted by Crippen LogP contribution is -2.24. The van der Waals surface area contributed by atoms with Gasteiger partial charge in [-0.05, 0) is 18.2 Å². The van der Waals surface area contributed by atoms with Crippen molar-refractivity contribution in [1.29, 1.82) is 0 Å². The number of ether oxygens (including phenoxy) is 1. The maximum atomic E-state index is 11.7. The van der Waals surface area contributed by atoms with Gasteiger partial charge < -0.3 is 10.1 Å². The first-order valence-corrected chi connectivity index (χ1v) is 5.66. The molecule has 0 aromatic heterocycles. The number of methoxy groups -OCH3 is 1. The lowest BCUT2D eigenvalue weighted by molar-refractivity contribution is 0.0955. The molecule has 0 spiro atoms. The molecule has 0 unspecified atom stereocenters. The van der Waals surface area contributed by atoms with E-state index in [1.807, 2.05) is 0 Å². The smallest absolute Gasteiger partial charge is 0.255 e. The molecule has 0 heterocycles. The predicted octanol–water partition coefficient (Wildman–Crippen LogP) is 2.99. The molecule has 0 fully saturated rings. The van der Waals surface area contributed by atoms with Crippen LogP contribution in [0, 0.1) is 0 Å². The summed E-state index contributed by atoms with van der Waals surface area (Å²) in [5, 5.41) is 3.21. The fraction of sp³-hybridized carbons (Fsp3) is 0.182. The molecule has 0 saturated heterocycles. The standard InChI is InChI=1S/C11H11BrClNO2/c1-7(12)6-14-11(15)9-4-3-8(13)5-10(9)16-2/h3-5H,1,6H2,2H3,(H,14,15). The van der Waals surface area contributed by atoms with Crippen molar-refractivity contribution in [1.82, 2.24) is 5.32 Å². The fourth-order valence-corrected chi connectivity index (χ4v) is 1.43. The highest BCUT2D eigenvalue weighted by Gasteiger charge is 2.11. The number of amides is 1. The van der Waals surface area contributed by atoms with Crippen LogP contribution in [0.5, 0.6) is 5.75 Å². The SMILES string of the molecule is C=C(Br)CNC(=O)c1ccc(Cl)cc1OC. The first-order valence-electron chi connectivity index (χ1n) is 4.49. The van der Waals surface area contributed by atoms with Crippen molar-refractivity contribution in [2.75, 3.05) is 13.7 Å². The second-order valence-electron chi connectivity index (χ2n) is 3.04. The number of rotatable bonds is 4. The molecule has 0 aliphatic heterocycles. The number of carbonyl (C=O) groups is 1. The van der Waals surface area contributed by atoms with Gasteiger partial charge in [0.15, 0.2) is 0 Å². The Morgan fingerprint density at radius 2 is 2.31 bits per heavy atom. The van der Waals surface area contributed by atoms with Crippen LogP contribution < -0.4 is 10.1 Å². The summed E-state index contributed by atoms with van der Waals surface area (Å²) in [5.41, 5.74) is 0.445. The second-order valence-corrected chi connectivity index (χ2v) is 4.60. The molecule has 1 amide bonds. The van der Waals surface area contributed by atoms with E-state index in [0.717, 1.165) is 0 Å². The summed E-state index contributed by atoms with van der Waals surface area (Å²) in [7, 11) is 1.49. The molecule has 16 heavy (non-hydrogen) atoms. The van der Waals surface area contributed by atoms with Crippen LogP contribution in [-0.4, -0.2) is 19.6 Å². The normalized spacial score (nSPS) is 9.69. The second kappa shape index (κ2) is 5.92. The van der Waals surface area contributed by atoms with E-state index in [-0.39, 0.29) is 5.91 Å². The van der Waals surface area contributed by atoms with E-state index in [0.29, 0.717) is 27.4 Å². The minimum absolute atomic E-state index is 0.228. The Kier molecular flexibility index (Phi) is 4.83. The van der Waals surface area contributed by atoms with Crippen molar-refractivity contribution in [2.24, 2.45) is 0 Å². The lowest BCUT2D eigenvalue weighted by Gasteiger charge is -2.09. The molecule has 3 nitrogen and oxygen atoms in total. The van der Waals surface area contributed by atoms with E-state index >= 15 is 0 Å².